The van der Waals surface area contributed by atoms with Gasteiger partial charge in [0.1, 0.15) is 0 Å². The SMILES string of the molecule is CO[C@H]1C(=O)N(C2CCN(Cc3cccc(F)c3O)CC2)[C@H]1c1ccncc1. The number of pyridine rings is 1. The number of carbonyl (C=O) groups is 1. The fraction of sp³-hybridized carbons (Fsp3) is 0.429. The van der Waals surface area contributed by atoms with Gasteiger partial charge in [-0.3, -0.25) is 14.7 Å². The molecule has 2 saturated heterocycles. The second kappa shape index (κ2) is 7.85. The summed E-state index contributed by atoms with van der Waals surface area (Å²) >= 11 is 0. The Bertz CT molecular complexity index is 840. The summed E-state index contributed by atoms with van der Waals surface area (Å²) in [5.74, 6) is -0.835. The average molecular weight is 385 g/mol. The predicted molar refractivity (Wildman–Crippen MR) is 101 cm³/mol. The van der Waals surface area contributed by atoms with E-state index in [1.807, 2.05) is 17.0 Å². The highest BCUT2D eigenvalue weighted by Gasteiger charge is 2.51. The standard InChI is InChI=1S/C21H24FN3O3/c1-28-20-18(14-5-9-23-10-6-14)25(21(20)27)16-7-11-24(12-8-16)13-15-3-2-4-17(22)19(15)26/h2-6,9-10,16,18,20,26H,7-8,11-13H2,1H3/t18-,20+/m0/s1. The van der Waals surface area contributed by atoms with Gasteiger partial charge in [0, 0.05) is 50.7 Å². The highest BCUT2D eigenvalue weighted by atomic mass is 19.1. The van der Waals surface area contributed by atoms with E-state index >= 15 is 0 Å². The Morgan fingerprint density at radius 2 is 1.93 bits per heavy atom. The van der Waals surface area contributed by atoms with E-state index in [4.69, 9.17) is 4.74 Å². The third-order valence-corrected chi connectivity index (χ3v) is 5.80. The van der Waals surface area contributed by atoms with Gasteiger partial charge >= 0.3 is 0 Å². The van der Waals surface area contributed by atoms with Crippen molar-refractivity contribution >= 4 is 5.91 Å². The van der Waals surface area contributed by atoms with Gasteiger partial charge in [0.25, 0.3) is 5.91 Å². The summed E-state index contributed by atoms with van der Waals surface area (Å²) < 4.78 is 19.0. The molecule has 0 saturated carbocycles. The number of piperidine rings is 1. The highest BCUT2D eigenvalue weighted by Crippen LogP contribution is 2.40. The summed E-state index contributed by atoms with van der Waals surface area (Å²) in [4.78, 5) is 20.8. The number of halogens is 1. The molecule has 148 valence electrons. The minimum Gasteiger partial charge on any atom is -0.505 e. The van der Waals surface area contributed by atoms with Crippen molar-refractivity contribution in [1.29, 1.82) is 0 Å². The number of benzene rings is 1. The molecule has 2 atom stereocenters. The van der Waals surface area contributed by atoms with Crippen LogP contribution in [-0.2, 0) is 16.1 Å². The maximum atomic E-state index is 13.5. The molecule has 3 heterocycles. The van der Waals surface area contributed by atoms with E-state index in [-0.39, 0.29) is 23.7 Å². The molecule has 4 rings (SSSR count). The first-order valence-corrected chi connectivity index (χ1v) is 9.53. The van der Waals surface area contributed by atoms with Crippen molar-refractivity contribution in [2.45, 2.75) is 37.6 Å². The van der Waals surface area contributed by atoms with Crippen molar-refractivity contribution in [3.8, 4) is 5.75 Å². The number of para-hydroxylation sites is 1. The van der Waals surface area contributed by atoms with E-state index in [2.05, 4.69) is 9.88 Å². The average Bonchev–Trinajstić information content (AvgIpc) is 2.72. The molecule has 1 aromatic heterocycles. The first-order chi connectivity index (χ1) is 13.6. The van der Waals surface area contributed by atoms with Crippen LogP contribution in [-0.4, -0.2) is 58.1 Å². The molecule has 0 aliphatic carbocycles. The Balaban J connectivity index is 1.41. The summed E-state index contributed by atoms with van der Waals surface area (Å²) in [5, 5.41) is 9.89. The number of phenols is 1. The van der Waals surface area contributed by atoms with Gasteiger partial charge in [0.15, 0.2) is 17.7 Å². The van der Waals surface area contributed by atoms with Gasteiger partial charge < -0.3 is 14.7 Å². The molecule has 0 radical (unpaired) electrons. The van der Waals surface area contributed by atoms with Crippen LogP contribution in [0.15, 0.2) is 42.7 Å². The minimum absolute atomic E-state index is 0.0329. The van der Waals surface area contributed by atoms with Gasteiger partial charge in [-0.15, -0.1) is 0 Å². The highest BCUT2D eigenvalue weighted by molar-refractivity contribution is 5.89. The van der Waals surface area contributed by atoms with E-state index in [1.165, 1.54) is 6.07 Å². The van der Waals surface area contributed by atoms with E-state index in [9.17, 15) is 14.3 Å². The molecule has 0 spiro atoms. The van der Waals surface area contributed by atoms with Crippen LogP contribution < -0.4 is 0 Å². The first kappa shape index (κ1) is 18.8. The number of carbonyl (C=O) groups excluding carboxylic acids is 1. The smallest absolute Gasteiger partial charge is 0.255 e. The number of rotatable bonds is 5. The Hall–Kier alpha value is -2.51. The van der Waals surface area contributed by atoms with Crippen LogP contribution in [0.25, 0.3) is 0 Å². The van der Waals surface area contributed by atoms with Crippen LogP contribution in [0.5, 0.6) is 5.75 Å². The van der Waals surface area contributed by atoms with Crippen molar-refractivity contribution in [2.75, 3.05) is 20.2 Å². The number of methoxy groups -OCH3 is 1. The van der Waals surface area contributed by atoms with Crippen LogP contribution in [0, 0.1) is 5.82 Å². The van der Waals surface area contributed by atoms with E-state index in [0.29, 0.717) is 12.1 Å². The van der Waals surface area contributed by atoms with E-state index in [0.717, 1.165) is 31.5 Å². The van der Waals surface area contributed by atoms with Crippen LogP contribution in [0.4, 0.5) is 4.39 Å². The zero-order valence-electron chi connectivity index (χ0n) is 15.8. The maximum Gasteiger partial charge on any atom is 0.255 e. The molecular weight excluding hydrogens is 361 g/mol. The molecule has 2 aliphatic heterocycles. The Morgan fingerprint density at radius 1 is 1.21 bits per heavy atom. The molecule has 1 amide bonds. The van der Waals surface area contributed by atoms with Crippen molar-refractivity contribution in [3.05, 3.63) is 59.7 Å². The van der Waals surface area contributed by atoms with Gasteiger partial charge in [0.05, 0.1) is 6.04 Å². The monoisotopic (exact) mass is 385 g/mol. The largest absolute Gasteiger partial charge is 0.505 e. The van der Waals surface area contributed by atoms with Crippen LogP contribution in [0.3, 0.4) is 0 Å². The molecule has 2 aromatic rings. The summed E-state index contributed by atoms with van der Waals surface area (Å²) in [6, 6.07) is 8.53. The lowest BCUT2D eigenvalue weighted by Gasteiger charge is -2.52. The molecule has 6 nitrogen and oxygen atoms in total. The normalized spacial score (nSPS) is 23.6. The molecule has 7 heteroatoms. The molecule has 1 aromatic carbocycles. The van der Waals surface area contributed by atoms with Crippen LogP contribution >= 0.6 is 0 Å². The number of nitrogens with zero attached hydrogens (tertiary/aromatic N) is 3. The molecule has 2 aliphatic rings. The van der Waals surface area contributed by atoms with Crippen molar-refractivity contribution in [1.82, 2.24) is 14.8 Å². The van der Waals surface area contributed by atoms with Gasteiger partial charge in [0.2, 0.25) is 0 Å². The van der Waals surface area contributed by atoms with E-state index in [1.54, 1.807) is 31.6 Å². The molecule has 1 N–H and O–H groups in total. The molecular formula is C21H24FN3O3. The Kier molecular flexibility index (Phi) is 5.28. The number of hydrogen-bond acceptors (Lipinski definition) is 5. The molecule has 0 unspecified atom stereocenters. The molecule has 2 fully saturated rings. The molecule has 0 bridgehead atoms. The van der Waals surface area contributed by atoms with Gasteiger partial charge in [-0.2, -0.15) is 0 Å². The van der Waals surface area contributed by atoms with Gasteiger partial charge in [-0.25, -0.2) is 4.39 Å². The summed E-state index contributed by atoms with van der Waals surface area (Å²) in [6.45, 7) is 2.06. The Morgan fingerprint density at radius 3 is 2.61 bits per heavy atom. The number of ether oxygens (including phenoxy) is 1. The number of amides is 1. The van der Waals surface area contributed by atoms with Crippen LogP contribution in [0.1, 0.15) is 30.0 Å². The Labute approximate surface area is 163 Å². The van der Waals surface area contributed by atoms with Crippen molar-refractivity contribution < 1.29 is 19.0 Å². The number of aromatic hydroxyl groups is 1. The number of β-lactam (4-membered cyclic amide) rings is 1. The number of phenolic OH excluding ortho intramolecular Hbond substituents is 1. The third-order valence-electron chi connectivity index (χ3n) is 5.80. The van der Waals surface area contributed by atoms with E-state index < -0.39 is 11.9 Å². The quantitative estimate of drug-likeness (QED) is 0.801. The fourth-order valence-corrected chi connectivity index (χ4v) is 4.30. The second-order valence-electron chi connectivity index (χ2n) is 7.38. The minimum atomic E-state index is -0.593. The van der Waals surface area contributed by atoms with Crippen molar-refractivity contribution in [2.24, 2.45) is 0 Å². The number of likely N-dealkylation sites (tertiary alicyclic amines) is 2. The van der Waals surface area contributed by atoms with Gasteiger partial charge in [-0.05, 0) is 36.6 Å². The lowest BCUT2D eigenvalue weighted by Crippen LogP contribution is -2.64. The lowest BCUT2D eigenvalue weighted by atomic mass is 9.86. The molecule has 28 heavy (non-hydrogen) atoms. The van der Waals surface area contributed by atoms with Crippen LogP contribution in [0.2, 0.25) is 0 Å². The predicted octanol–water partition coefficient (Wildman–Crippen LogP) is 2.49. The fourth-order valence-electron chi connectivity index (χ4n) is 4.30. The summed E-state index contributed by atoms with van der Waals surface area (Å²) in [7, 11) is 1.57. The van der Waals surface area contributed by atoms with Crippen molar-refractivity contribution in [3.63, 3.8) is 0 Å². The number of hydrogen-bond donors (Lipinski definition) is 1. The zero-order valence-corrected chi connectivity index (χ0v) is 15.8. The topological polar surface area (TPSA) is 65.9 Å². The second-order valence-corrected chi connectivity index (χ2v) is 7.38. The summed E-state index contributed by atoms with van der Waals surface area (Å²) in [5.41, 5.74) is 1.63. The zero-order chi connectivity index (χ0) is 19.7. The van der Waals surface area contributed by atoms with Gasteiger partial charge in [-0.1, -0.05) is 12.1 Å². The maximum absolute atomic E-state index is 13.5. The summed E-state index contributed by atoms with van der Waals surface area (Å²) in [6.07, 6.45) is 4.69. The number of aromatic nitrogens is 1. The first-order valence-electron chi connectivity index (χ1n) is 9.53. The third kappa shape index (κ3) is 3.36. The lowest BCUT2D eigenvalue weighted by molar-refractivity contribution is -0.178.